The Morgan fingerprint density at radius 3 is 2.43 bits per heavy atom. The second-order valence-electron chi connectivity index (χ2n) is 4.40. The lowest BCUT2D eigenvalue weighted by molar-refractivity contribution is 0.0237. The highest BCUT2D eigenvalue weighted by Crippen LogP contribution is 2.29. The molecule has 0 aromatic carbocycles. The Balaban J connectivity index is 2.39. The van der Waals surface area contributed by atoms with E-state index < -0.39 is 0 Å². The average Bonchev–Trinajstić information content (AvgIpc) is 2.69. The standard InChI is InChI=1S/C12H25NO/c1-3-7-11(14-4-2)12(13)10-8-5-6-9-10/h10-12H,3-9,13H2,1-2H3. The fourth-order valence-electron chi connectivity index (χ4n) is 2.53. The van der Waals surface area contributed by atoms with Gasteiger partial charge in [0.2, 0.25) is 0 Å². The summed E-state index contributed by atoms with van der Waals surface area (Å²) < 4.78 is 5.73. The normalized spacial score (nSPS) is 22.5. The van der Waals surface area contributed by atoms with Crippen LogP contribution in [0.25, 0.3) is 0 Å². The van der Waals surface area contributed by atoms with Gasteiger partial charge in [-0.05, 0) is 32.1 Å². The highest BCUT2D eigenvalue weighted by Gasteiger charge is 2.28. The van der Waals surface area contributed by atoms with E-state index in [0.29, 0.717) is 6.10 Å². The van der Waals surface area contributed by atoms with Gasteiger partial charge < -0.3 is 10.5 Å². The largest absolute Gasteiger partial charge is 0.377 e. The summed E-state index contributed by atoms with van der Waals surface area (Å²) in [5, 5.41) is 0. The van der Waals surface area contributed by atoms with Crippen LogP contribution in [-0.2, 0) is 4.74 Å². The minimum atomic E-state index is 0.275. The van der Waals surface area contributed by atoms with Crippen LogP contribution in [0.5, 0.6) is 0 Å². The van der Waals surface area contributed by atoms with Crippen molar-refractivity contribution in [2.24, 2.45) is 11.7 Å². The first-order chi connectivity index (χ1) is 6.79. The summed E-state index contributed by atoms with van der Waals surface area (Å²) in [5.41, 5.74) is 6.27. The molecule has 0 amide bonds. The average molecular weight is 199 g/mol. The maximum absolute atomic E-state index is 6.27. The van der Waals surface area contributed by atoms with Crippen molar-refractivity contribution in [2.45, 2.75) is 64.5 Å². The van der Waals surface area contributed by atoms with Crippen LogP contribution >= 0.6 is 0 Å². The van der Waals surface area contributed by atoms with E-state index in [1.54, 1.807) is 0 Å². The van der Waals surface area contributed by atoms with E-state index in [1.807, 2.05) is 0 Å². The van der Waals surface area contributed by atoms with Crippen LogP contribution in [0.2, 0.25) is 0 Å². The van der Waals surface area contributed by atoms with E-state index in [0.717, 1.165) is 18.9 Å². The van der Waals surface area contributed by atoms with Gasteiger partial charge in [0.05, 0.1) is 6.10 Å². The lowest BCUT2D eigenvalue weighted by Crippen LogP contribution is -2.42. The Kier molecular flexibility index (Phi) is 5.49. The molecule has 0 bridgehead atoms. The second kappa shape index (κ2) is 6.41. The molecule has 0 spiro atoms. The summed E-state index contributed by atoms with van der Waals surface area (Å²) >= 11 is 0. The maximum Gasteiger partial charge on any atom is 0.0728 e. The van der Waals surface area contributed by atoms with Crippen LogP contribution in [0, 0.1) is 5.92 Å². The molecule has 1 aliphatic carbocycles. The van der Waals surface area contributed by atoms with Gasteiger partial charge >= 0.3 is 0 Å². The van der Waals surface area contributed by atoms with Gasteiger partial charge in [-0.3, -0.25) is 0 Å². The Hall–Kier alpha value is -0.0800. The van der Waals surface area contributed by atoms with Crippen molar-refractivity contribution < 1.29 is 4.74 Å². The van der Waals surface area contributed by atoms with Crippen molar-refractivity contribution in [3.8, 4) is 0 Å². The molecule has 84 valence electrons. The molecule has 2 nitrogen and oxygen atoms in total. The Morgan fingerprint density at radius 1 is 1.29 bits per heavy atom. The van der Waals surface area contributed by atoms with E-state index in [-0.39, 0.29) is 6.04 Å². The van der Waals surface area contributed by atoms with Gasteiger partial charge in [-0.25, -0.2) is 0 Å². The van der Waals surface area contributed by atoms with Gasteiger partial charge in [-0.2, -0.15) is 0 Å². The summed E-state index contributed by atoms with van der Waals surface area (Å²) in [7, 11) is 0. The van der Waals surface area contributed by atoms with Crippen LogP contribution < -0.4 is 5.73 Å². The van der Waals surface area contributed by atoms with Crippen LogP contribution in [0.4, 0.5) is 0 Å². The van der Waals surface area contributed by atoms with Crippen LogP contribution in [0.1, 0.15) is 52.4 Å². The van der Waals surface area contributed by atoms with Crippen LogP contribution in [0.15, 0.2) is 0 Å². The SMILES string of the molecule is CCCC(OCC)C(N)C1CCCC1. The lowest BCUT2D eigenvalue weighted by atomic mass is 9.92. The molecule has 1 fully saturated rings. The smallest absolute Gasteiger partial charge is 0.0728 e. The van der Waals surface area contributed by atoms with Gasteiger partial charge in [-0.15, -0.1) is 0 Å². The first kappa shape index (κ1) is 12.0. The molecular weight excluding hydrogens is 174 g/mol. The summed E-state index contributed by atoms with van der Waals surface area (Å²) in [6.45, 7) is 5.06. The highest BCUT2D eigenvalue weighted by atomic mass is 16.5. The monoisotopic (exact) mass is 199 g/mol. The fourth-order valence-corrected chi connectivity index (χ4v) is 2.53. The van der Waals surface area contributed by atoms with Gasteiger partial charge in [0.25, 0.3) is 0 Å². The van der Waals surface area contributed by atoms with E-state index in [4.69, 9.17) is 10.5 Å². The molecule has 1 saturated carbocycles. The molecule has 14 heavy (non-hydrogen) atoms. The van der Waals surface area contributed by atoms with E-state index >= 15 is 0 Å². The zero-order valence-corrected chi connectivity index (χ0v) is 9.67. The zero-order chi connectivity index (χ0) is 10.4. The second-order valence-corrected chi connectivity index (χ2v) is 4.40. The molecule has 0 radical (unpaired) electrons. The van der Waals surface area contributed by atoms with Crippen LogP contribution in [0.3, 0.4) is 0 Å². The van der Waals surface area contributed by atoms with Gasteiger partial charge in [0.15, 0.2) is 0 Å². The quantitative estimate of drug-likeness (QED) is 0.714. The van der Waals surface area contributed by atoms with Crippen molar-refractivity contribution in [1.82, 2.24) is 0 Å². The molecule has 2 unspecified atom stereocenters. The molecule has 0 aromatic rings. The molecule has 0 aliphatic heterocycles. The summed E-state index contributed by atoms with van der Waals surface area (Å²) in [6.07, 6.45) is 7.94. The molecular formula is C12H25NO. The Morgan fingerprint density at radius 2 is 1.93 bits per heavy atom. The van der Waals surface area contributed by atoms with E-state index in [1.165, 1.54) is 32.1 Å². The van der Waals surface area contributed by atoms with E-state index in [2.05, 4.69) is 13.8 Å². The summed E-state index contributed by atoms with van der Waals surface area (Å²) in [6, 6.07) is 0.275. The van der Waals surface area contributed by atoms with E-state index in [9.17, 15) is 0 Å². The summed E-state index contributed by atoms with van der Waals surface area (Å²) in [5.74, 6) is 0.720. The number of ether oxygens (including phenoxy) is 1. The van der Waals surface area contributed by atoms with Crippen molar-refractivity contribution in [1.29, 1.82) is 0 Å². The molecule has 1 rings (SSSR count). The molecule has 2 atom stereocenters. The molecule has 0 aromatic heterocycles. The molecule has 1 aliphatic rings. The molecule has 0 saturated heterocycles. The summed E-state index contributed by atoms with van der Waals surface area (Å²) in [4.78, 5) is 0. The number of hydrogen-bond acceptors (Lipinski definition) is 2. The van der Waals surface area contributed by atoms with Crippen LogP contribution in [-0.4, -0.2) is 18.8 Å². The van der Waals surface area contributed by atoms with Crippen molar-refractivity contribution >= 4 is 0 Å². The first-order valence-corrected chi connectivity index (χ1v) is 6.16. The Labute approximate surface area is 88.2 Å². The van der Waals surface area contributed by atoms with Gasteiger partial charge in [0.1, 0.15) is 0 Å². The number of nitrogens with two attached hydrogens (primary N) is 1. The third-order valence-corrected chi connectivity index (χ3v) is 3.33. The first-order valence-electron chi connectivity index (χ1n) is 6.16. The molecule has 0 heterocycles. The van der Waals surface area contributed by atoms with Crippen molar-refractivity contribution in [3.05, 3.63) is 0 Å². The third-order valence-electron chi connectivity index (χ3n) is 3.33. The third kappa shape index (κ3) is 3.25. The zero-order valence-electron chi connectivity index (χ0n) is 9.67. The van der Waals surface area contributed by atoms with Crippen molar-refractivity contribution in [2.75, 3.05) is 6.61 Å². The molecule has 2 heteroatoms. The Bertz CT molecular complexity index is 137. The number of hydrogen-bond donors (Lipinski definition) is 1. The number of rotatable bonds is 6. The predicted molar refractivity (Wildman–Crippen MR) is 60.3 cm³/mol. The lowest BCUT2D eigenvalue weighted by Gasteiger charge is -2.28. The molecule has 2 N–H and O–H groups in total. The highest BCUT2D eigenvalue weighted by molar-refractivity contribution is 4.84. The minimum absolute atomic E-state index is 0.275. The van der Waals surface area contributed by atoms with Gasteiger partial charge in [0, 0.05) is 12.6 Å². The van der Waals surface area contributed by atoms with Crippen molar-refractivity contribution in [3.63, 3.8) is 0 Å². The minimum Gasteiger partial charge on any atom is -0.377 e. The fraction of sp³-hybridized carbons (Fsp3) is 1.00. The van der Waals surface area contributed by atoms with Gasteiger partial charge in [-0.1, -0.05) is 26.2 Å². The maximum atomic E-state index is 6.27. The predicted octanol–water partition coefficient (Wildman–Crippen LogP) is 2.71. The topological polar surface area (TPSA) is 35.2 Å².